The second-order valence-electron chi connectivity index (χ2n) is 6.00. The van der Waals surface area contributed by atoms with Crippen LogP contribution in [-0.4, -0.2) is 34.2 Å². The van der Waals surface area contributed by atoms with Crippen LogP contribution in [0, 0.1) is 0 Å². The van der Waals surface area contributed by atoms with Crippen LogP contribution in [0.25, 0.3) is 0 Å². The lowest BCUT2D eigenvalue weighted by atomic mass is 9.62. The maximum Gasteiger partial charge on any atom is 0.0649 e. The molecule has 15 heavy (non-hydrogen) atoms. The topological polar surface area (TPSA) is 23.5 Å². The molecule has 0 aromatic heterocycles. The summed E-state index contributed by atoms with van der Waals surface area (Å²) in [5, 5.41) is 10.2. The summed E-state index contributed by atoms with van der Waals surface area (Å²) < 4.78 is 0. The Kier molecular flexibility index (Phi) is 2.33. The fourth-order valence-corrected chi connectivity index (χ4v) is 3.99. The second-order valence-corrected chi connectivity index (χ2v) is 6.00. The zero-order valence-electron chi connectivity index (χ0n) is 9.67. The summed E-state index contributed by atoms with van der Waals surface area (Å²) in [7, 11) is 0. The van der Waals surface area contributed by atoms with Crippen LogP contribution in [-0.2, 0) is 0 Å². The SMILES string of the molecule is OC12CCC(N3CCCCC3)(CC1)CC2. The highest BCUT2D eigenvalue weighted by atomic mass is 16.3. The number of fused-ring (bicyclic) bond motifs is 3. The van der Waals surface area contributed by atoms with Gasteiger partial charge in [0.2, 0.25) is 0 Å². The molecule has 4 fully saturated rings. The predicted octanol–water partition coefficient (Wildman–Crippen LogP) is 2.31. The Morgan fingerprint density at radius 2 is 1.27 bits per heavy atom. The molecule has 0 unspecified atom stereocenters. The Morgan fingerprint density at radius 1 is 0.733 bits per heavy atom. The average Bonchev–Trinajstić information content (AvgIpc) is 2.32. The van der Waals surface area contributed by atoms with Crippen molar-refractivity contribution in [1.82, 2.24) is 4.90 Å². The molecule has 0 aromatic rings. The van der Waals surface area contributed by atoms with E-state index in [1.54, 1.807) is 0 Å². The Labute approximate surface area is 92.7 Å². The van der Waals surface area contributed by atoms with Crippen LogP contribution in [0.2, 0.25) is 0 Å². The van der Waals surface area contributed by atoms with E-state index >= 15 is 0 Å². The van der Waals surface area contributed by atoms with Crippen LogP contribution in [0.15, 0.2) is 0 Å². The van der Waals surface area contributed by atoms with E-state index < -0.39 is 0 Å². The van der Waals surface area contributed by atoms with Gasteiger partial charge in [-0.15, -0.1) is 0 Å². The van der Waals surface area contributed by atoms with Crippen molar-refractivity contribution in [3.8, 4) is 0 Å². The number of hydrogen-bond acceptors (Lipinski definition) is 2. The lowest BCUT2D eigenvalue weighted by Gasteiger charge is -2.56. The zero-order valence-corrected chi connectivity index (χ0v) is 9.67. The molecule has 3 aliphatic carbocycles. The number of nitrogens with zero attached hydrogens (tertiary/aromatic N) is 1. The fraction of sp³-hybridized carbons (Fsp3) is 1.00. The highest BCUT2D eigenvalue weighted by molar-refractivity contribution is 5.06. The summed E-state index contributed by atoms with van der Waals surface area (Å²) >= 11 is 0. The molecule has 0 amide bonds. The summed E-state index contributed by atoms with van der Waals surface area (Å²) in [4.78, 5) is 2.76. The van der Waals surface area contributed by atoms with Gasteiger partial charge in [-0.25, -0.2) is 0 Å². The summed E-state index contributed by atoms with van der Waals surface area (Å²) in [5.74, 6) is 0. The van der Waals surface area contributed by atoms with E-state index in [2.05, 4.69) is 4.90 Å². The molecule has 0 spiro atoms. The minimum atomic E-state index is -0.266. The van der Waals surface area contributed by atoms with E-state index in [1.807, 2.05) is 0 Å². The highest BCUT2D eigenvalue weighted by Gasteiger charge is 2.50. The van der Waals surface area contributed by atoms with E-state index in [0.29, 0.717) is 5.54 Å². The van der Waals surface area contributed by atoms with Crippen LogP contribution < -0.4 is 0 Å². The molecule has 0 radical (unpaired) electrons. The summed E-state index contributed by atoms with van der Waals surface area (Å²) in [6, 6.07) is 0. The van der Waals surface area contributed by atoms with Gasteiger partial charge >= 0.3 is 0 Å². The number of aliphatic hydroxyl groups is 1. The van der Waals surface area contributed by atoms with Gasteiger partial charge in [0, 0.05) is 5.54 Å². The number of likely N-dealkylation sites (tertiary alicyclic amines) is 1. The Bertz CT molecular complexity index is 220. The second kappa shape index (κ2) is 3.46. The van der Waals surface area contributed by atoms with Crippen molar-refractivity contribution < 1.29 is 5.11 Å². The highest BCUT2D eigenvalue weighted by Crippen LogP contribution is 2.50. The Morgan fingerprint density at radius 3 is 1.80 bits per heavy atom. The van der Waals surface area contributed by atoms with Gasteiger partial charge in [0.25, 0.3) is 0 Å². The van der Waals surface area contributed by atoms with E-state index in [9.17, 15) is 5.11 Å². The van der Waals surface area contributed by atoms with Gasteiger partial charge in [-0.3, -0.25) is 4.90 Å². The molecular weight excluding hydrogens is 186 g/mol. The average molecular weight is 209 g/mol. The van der Waals surface area contributed by atoms with Crippen molar-refractivity contribution in [2.75, 3.05) is 13.1 Å². The van der Waals surface area contributed by atoms with Gasteiger partial charge < -0.3 is 5.11 Å². The molecule has 4 aliphatic rings. The van der Waals surface area contributed by atoms with E-state index in [0.717, 1.165) is 19.3 Å². The minimum Gasteiger partial charge on any atom is -0.390 e. The quantitative estimate of drug-likeness (QED) is 0.716. The van der Waals surface area contributed by atoms with E-state index in [-0.39, 0.29) is 5.60 Å². The number of piperidine rings is 1. The van der Waals surface area contributed by atoms with Crippen molar-refractivity contribution in [2.24, 2.45) is 0 Å². The molecule has 1 saturated heterocycles. The third kappa shape index (κ3) is 1.62. The van der Waals surface area contributed by atoms with Gasteiger partial charge in [0.1, 0.15) is 0 Å². The monoisotopic (exact) mass is 209 g/mol. The molecule has 1 heterocycles. The molecular formula is C13H23NO. The zero-order chi connectivity index (χ0) is 10.4. The predicted molar refractivity (Wildman–Crippen MR) is 60.8 cm³/mol. The van der Waals surface area contributed by atoms with Crippen molar-refractivity contribution in [3.63, 3.8) is 0 Å². The first-order valence-electron chi connectivity index (χ1n) is 6.70. The first-order valence-corrected chi connectivity index (χ1v) is 6.70. The third-order valence-electron chi connectivity index (χ3n) is 5.19. The van der Waals surface area contributed by atoms with Crippen molar-refractivity contribution in [2.45, 2.75) is 68.9 Å². The molecule has 86 valence electrons. The third-order valence-corrected chi connectivity index (χ3v) is 5.19. The minimum absolute atomic E-state index is 0.266. The van der Waals surface area contributed by atoms with Crippen LogP contribution >= 0.6 is 0 Å². The Hall–Kier alpha value is -0.0800. The summed E-state index contributed by atoms with van der Waals surface area (Å²) in [5.41, 5.74) is 0.239. The molecule has 3 saturated carbocycles. The van der Waals surface area contributed by atoms with Gasteiger partial charge in [-0.1, -0.05) is 6.42 Å². The largest absolute Gasteiger partial charge is 0.390 e. The first-order chi connectivity index (χ1) is 7.23. The maximum atomic E-state index is 10.2. The maximum absolute atomic E-state index is 10.2. The van der Waals surface area contributed by atoms with E-state index in [1.165, 1.54) is 51.6 Å². The molecule has 2 bridgehead atoms. The van der Waals surface area contributed by atoms with Gasteiger partial charge in [0.15, 0.2) is 0 Å². The lowest BCUT2D eigenvalue weighted by molar-refractivity contribution is -0.114. The molecule has 4 rings (SSSR count). The van der Waals surface area contributed by atoms with Crippen LogP contribution in [0.4, 0.5) is 0 Å². The van der Waals surface area contributed by atoms with Gasteiger partial charge in [-0.2, -0.15) is 0 Å². The molecule has 1 aliphatic heterocycles. The van der Waals surface area contributed by atoms with Crippen LogP contribution in [0.1, 0.15) is 57.8 Å². The number of rotatable bonds is 1. The molecule has 1 N–H and O–H groups in total. The fourth-order valence-electron chi connectivity index (χ4n) is 3.99. The summed E-state index contributed by atoms with van der Waals surface area (Å²) in [6.07, 6.45) is 11.2. The van der Waals surface area contributed by atoms with Crippen molar-refractivity contribution in [3.05, 3.63) is 0 Å². The van der Waals surface area contributed by atoms with Gasteiger partial charge in [-0.05, 0) is 64.5 Å². The van der Waals surface area contributed by atoms with Crippen molar-refractivity contribution in [1.29, 1.82) is 0 Å². The molecule has 2 nitrogen and oxygen atoms in total. The van der Waals surface area contributed by atoms with Gasteiger partial charge in [0.05, 0.1) is 5.60 Å². The van der Waals surface area contributed by atoms with Crippen molar-refractivity contribution >= 4 is 0 Å². The van der Waals surface area contributed by atoms with Crippen LogP contribution in [0.5, 0.6) is 0 Å². The molecule has 2 heteroatoms. The lowest BCUT2D eigenvalue weighted by Crippen LogP contribution is -2.59. The van der Waals surface area contributed by atoms with E-state index in [4.69, 9.17) is 0 Å². The first kappa shape index (κ1) is 10.1. The smallest absolute Gasteiger partial charge is 0.0649 e. The normalized spacial score (nSPS) is 47.0. The standard InChI is InChI=1S/C13H23NO/c15-13-7-4-12(5-8-13,6-9-13)14-10-2-1-3-11-14/h15H,1-11H2. The van der Waals surface area contributed by atoms with Crippen LogP contribution in [0.3, 0.4) is 0 Å². The number of hydrogen-bond donors (Lipinski definition) is 1. The molecule has 0 aromatic carbocycles. The summed E-state index contributed by atoms with van der Waals surface area (Å²) in [6.45, 7) is 2.64. The molecule has 0 atom stereocenters. The Balaban J connectivity index is 1.74.